The summed E-state index contributed by atoms with van der Waals surface area (Å²) in [6, 6.07) is 24.6. The molecular formula is C20H13FOS. The number of benzene rings is 3. The van der Waals surface area contributed by atoms with Gasteiger partial charge in [0.1, 0.15) is 17.2 Å². The van der Waals surface area contributed by atoms with Gasteiger partial charge < -0.3 is 4.42 Å². The third-order valence-corrected chi connectivity index (χ3v) is 4.70. The summed E-state index contributed by atoms with van der Waals surface area (Å²) in [4.78, 5) is 1.87. The van der Waals surface area contributed by atoms with E-state index in [0.717, 1.165) is 32.1 Å². The Kier molecular flexibility index (Phi) is 3.64. The first-order valence-electron chi connectivity index (χ1n) is 7.31. The molecule has 1 heterocycles. The van der Waals surface area contributed by atoms with Crippen LogP contribution in [0.25, 0.3) is 22.3 Å². The zero-order chi connectivity index (χ0) is 15.6. The lowest BCUT2D eigenvalue weighted by Crippen LogP contribution is -1.79. The van der Waals surface area contributed by atoms with Crippen molar-refractivity contribution in [1.82, 2.24) is 0 Å². The van der Waals surface area contributed by atoms with E-state index in [-0.39, 0.29) is 5.82 Å². The molecule has 112 valence electrons. The van der Waals surface area contributed by atoms with Crippen molar-refractivity contribution in [2.75, 3.05) is 0 Å². The zero-order valence-corrected chi connectivity index (χ0v) is 13.0. The van der Waals surface area contributed by atoms with Crippen molar-refractivity contribution < 1.29 is 8.81 Å². The Bertz CT molecular complexity index is 960. The Labute approximate surface area is 137 Å². The minimum atomic E-state index is -0.232. The first-order valence-corrected chi connectivity index (χ1v) is 8.13. The lowest BCUT2D eigenvalue weighted by Gasteiger charge is -2.04. The summed E-state index contributed by atoms with van der Waals surface area (Å²) >= 11 is 1.53. The van der Waals surface area contributed by atoms with Gasteiger partial charge in [0.25, 0.3) is 0 Å². The summed E-state index contributed by atoms with van der Waals surface area (Å²) < 4.78 is 19.6. The van der Waals surface area contributed by atoms with E-state index in [1.54, 1.807) is 12.1 Å². The zero-order valence-electron chi connectivity index (χ0n) is 12.2. The molecule has 3 aromatic carbocycles. The van der Waals surface area contributed by atoms with Crippen molar-refractivity contribution in [3.63, 3.8) is 0 Å². The SMILES string of the molecule is Fc1cccc(Sc2c(-c3ccccc3)oc3ccccc23)c1. The summed E-state index contributed by atoms with van der Waals surface area (Å²) in [5, 5.41) is 1.04. The molecule has 0 unspecified atom stereocenters. The summed E-state index contributed by atoms with van der Waals surface area (Å²) in [5.41, 5.74) is 1.85. The number of hydrogen-bond donors (Lipinski definition) is 0. The van der Waals surface area contributed by atoms with Crippen molar-refractivity contribution >= 4 is 22.7 Å². The molecule has 0 radical (unpaired) electrons. The maximum absolute atomic E-state index is 13.5. The Morgan fingerprint density at radius 3 is 2.39 bits per heavy atom. The maximum Gasteiger partial charge on any atom is 0.149 e. The number of hydrogen-bond acceptors (Lipinski definition) is 2. The molecule has 0 aliphatic rings. The van der Waals surface area contributed by atoms with Gasteiger partial charge in [-0.1, -0.05) is 60.3 Å². The fourth-order valence-electron chi connectivity index (χ4n) is 2.55. The van der Waals surface area contributed by atoms with E-state index in [2.05, 4.69) is 0 Å². The second-order valence-electron chi connectivity index (χ2n) is 5.18. The number of furan rings is 1. The number of halogens is 1. The van der Waals surface area contributed by atoms with E-state index in [1.165, 1.54) is 17.8 Å². The van der Waals surface area contributed by atoms with E-state index in [4.69, 9.17) is 4.42 Å². The van der Waals surface area contributed by atoms with E-state index in [0.29, 0.717) is 0 Å². The Morgan fingerprint density at radius 1 is 0.783 bits per heavy atom. The second-order valence-corrected chi connectivity index (χ2v) is 6.27. The predicted molar refractivity (Wildman–Crippen MR) is 92.2 cm³/mol. The van der Waals surface area contributed by atoms with Crippen LogP contribution in [0.15, 0.2) is 93.1 Å². The van der Waals surface area contributed by atoms with Crippen molar-refractivity contribution in [3.05, 3.63) is 84.7 Å². The fraction of sp³-hybridized carbons (Fsp3) is 0. The largest absolute Gasteiger partial charge is 0.455 e. The molecule has 4 aromatic rings. The van der Waals surface area contributed by atoms with Crippen LogP contribution in [0.1, 0.15) is 0 Å². The molecule has 0 aliphatic carbocycles. The fourth-order valence-corrected chi connectivity index (χ4v) is 3.64. The first kappa shape index (κ1) is 14.1. The van der Waals surface area contributed by atoms with Crippen LogP contribution in [0.4, 0.5) is 4.39 Å². The van der Waals surface area contributed by atoms with Crippen LogP contribution < -0.4 is 0 Å². The maximum atomic E-state index is 13.5. The summed E-state index contributed by atoms with van der Waals surface area (Å²) in [6.45, 7) is 0. The Morgan fingerprint density at radius 2 is 1.57 bits per heavy atom. The average molecular weight is 320 g/mol. The van der Waals surface area contributed by atoms with E-state index in [1.807, 2.05) is 60.7 Å². The van der Waals surface area contributed by atoms with E-state index in [9.17, 15) is 4.39 Å². The Balaban J connectivity index is 1.89. The highest BCUT2D eigenvalue weighted by Crippen LogP contribution is 2.43. The second kappa shape index (κ2) is 5.94. The minimum Gasteiger partial charge on any atom is -0.455 e. The van der Waals surface area contributed by atoms with E-state index >= 15 is 0 Å². The lowest BCUT2D eigenvalue weighted by molar-refractivity contribution is 0.623. The van der Waals surface area contributed by atoms with Crippen LogP contribution in [0.5, 0.6) is 0 Å². The smallest absolute Gasteiger partial charge is 0.149 e. The monoisotopic (exact) mass is 320 g/mol. The summed E-state index contributed by atoms with van der Waals surface area (Å²) in [7, 11) is 0. The lowest BCUT2D eigenvalue weighted by atomic mass is 10.1. The van der Waals surface area contributed by atoms with Gasteiger partial charge in [-0.2, -0.15) is 0 Å². The molecule has 23 heavy (non-hydrogen) atoms. The molecule has 0 spiro atoms. The van der Waals surface area contributed by atoms with Crippen molar-refractivity contribution in [3.8, 4) is 11.3 Å². The van der Waals surface area contributed by atoms with Crippen molar-refractivity contribution in [2.24, 2.45) is 0 Å². The van der Waals surface area contributed by atoms with Gasteiger partial charge in [0, 0.05) is 15.8 Å². The molecule has 0 fully saturated rings. The molecular weight excluding hydrogens is 307 g/mol. The molecule has 0 amide bonds. The van der Waals surface area contributed by atoms with Gasteiger partial charge >= 0.3 is 0 Å². The van der Waals surface area contributed by atoms with E-state index < -0.39 is 0 Å². The topological polar surface area (TPSA) is 13.1 Å². The molecule has 3 heteroatoms. The van der Waals surface area contributed by atoms with Gasteiger partial charge in [-0.25, -0.2) is 4.39 Å². The highest BCUT2D eigenvalue weighted by Gasteiger charge is 2.16. The first-order chi connectivity index (χ1) is 11.3. The predicted octanol–water partition coefficient (Wildman–Crippen LogP) is 6.39. The molecule has 4 rings (SSSR count). The standard InChI is InChI=1S/C20H13FOS/c21-15-9-6-10-16(13-15)23-20-17-11-4-5-12-18(17)22-19(20)14-7-2-1-3-8-14/h1-13H. The van der Waals surface area contributed by atoms with Gasteiger partial charge in [0.15, 0.2) is 0 Å². The van der Waals surface area contributed by atoms with Crippen LogP contribution in [0.2, 0.25) is 0 Å². The Hall–Kier alpha value is -2.52. The molecule has 1 aromatic heterocycles. The molecule has 1 nitrogen and oxygen atoms in total. The normalized spacial score (nSPS) is 11.0. The molecule has 0 N–H and O–H groups in total. The van der Waals surface area contributed by atoms with Crippen molar-refractivity contribution in [1.29, 1.82) is 0 Å². The molecule has 0 aliphatic heterocycles. The third kappa shape index (κ3) is 2.76. The number of fused-ring (bicyclic) bond motifs is 1. The van der Waals surface area contributed by atoms with Crippen LogP contribution in [-0.4, -0.2) is 0 Å². The average Bonchev–Trinajstić information content (AvgIpc) is 2.95. The quantitative estimate of drug-likeness (QED) is 0.434. The molecule has 0 atom stereocenters. The summed E-state index contributed by atoms with van der Waals surface area (Å²) in [6.07, 6.45) is 0. The van der Waals surface area contributed by atoms with Crippen LogP contribution in [-0.2, 0) is 0 Å². The van der Waals surface area contributed by atoms with Gasteiger partial charge in [-0.3, -0.25) is 0 Å². The summed E-state index contributed by atoms with van der Waals surface area (Å²) in [5.74, 6) is 0.588. The molecule has 0 saturated carbocycles. The van der Waals surface area contributed by atoms with Crippen LogP contribution in [0, 0.1) is 5.82 Å². The van der Waals surface area contributed by atoms with Gasteiger partial charge in [-0.05, 0) is 30.3 Å². The van der Waals surface area contributed by atoms with Crippen molar-refractivity contribution in [2.45, 2.75) is 9.79 Å². The minimum absolute atomic E-state index is 0.232. The highest BCUT2D eigenvalue weighted by atomic mass is 32.2. The van der Waals surface area contributed by atoms with Gasteiger partial charge in [0.2, 0.25) is 0 Å². The third-order valence-electron chi connectivity index (χ3n) is 3.60. The van der Waals surface area contributed by atoms with Crippen LogP contribution in [0.3, 0.4) is 0 Å². The number of para-hydroxylation sites is 1. The number of rotatable bonds is 3. The molecule has 0 bridgehead atoms. The molecule has 0 saturated heterocycles. The van der Waals surface area contributed by atoms with Gasteiger partial charge in [-0.15, -0.1) is 0 Å². The van der Waals surface area contributed by atoms with Gasteiger partial charge in [0.05, 0.1) is 4.90 Å². The highest BCUT2D eigenvalue weighted by molar-refractivity contribution is 7.99. The van der Waals surface area contributed by atoms with Crippen LogP contribution >= 0.6 is 11.8 Å².